The predicted molar refractivity (Wildman–Crippen MR) is 244 cm³/mol. The molecule has 5 rings (SSSR count). The van der Waals surface area contributed by atoms with Gasteiger partial charge in [-0.3, -0.25) is 25.1 Å². The Morgan fingerprint density at radius 3 is 1.88 bits per heavy atom. The molecule has 0 radical (unpaired) electrons. The fourth-order valence-corrected chi connectivity index (χ4v) is 8.34. The molecule has 3 aromatic carbocycles. The monoisotopic (exact) mass is 1040 g/mol. The second-order valence-corrected chi connectivity index (χ2v) is 18.5. The van der Waals surface area contributed by atoms with Crippen LogP contribution in [0.3, 0.4) is 0 Å². The van der Waals surface area contributed by atoms with Crippen molar-refractivity contribution in [2.24, 2.45) is 5.92 Å². The third-order valence-electron chi connectivity index (χ3n) is 11.0. The van der Waals surface area contributed by atoms with Crippen molar-refractivity contribution in [1.29, 1.82) is 0 Å². The topological polar surface area (TPSA) is 260 Å². The summed E-state index contributed by atoms with van der Waals surface area (Å²) in [6.07, 6.45) is -19.4. The summed E-state index contributed by atoms with van der Waals surface area (Å²) in [6, 6.07) is 9.65. The highest BCUT2D eigenvalue weighted by Gasteiger charge is 2.67. The number of carbonyl (C=O) groups is 7. The average Bonchev–Trinajstić information content (AvgIpc) is 3.55. The number of urea groups is 3. The minimum absolute atomic E-state index is 0.112. The summed E-state index contributed by atoms with van der Waals surface area (Å²) >= 11 is 0. The first-order valence-electron chi connectivity index (χ1n) is 21.9. The van der Waals surface area contributed by atoms with Crippen molar-refractivity contribution in [3.8, 4) is 0 Å². The van der Waals surface area contributed by atoms with Gasteiger partial charge in [-0.2, -0.15) is 17.6 Å². The van der Waals surface area contributed by atoms with Crippen molar-refractivity contribution in [2.75, 3.05) is 34.4 Å². The zero-order valence-corrected chi connectivity index (χ0v) is 39.9. The summed E-state index contributed by atoms with van der Waals surface area (Å²) in [4.78, 5) is 90.3. The first kappa shape index (κ1) is 55.5. The van der Waals surface area contributed by atoms with Gasteiger partial charge in [0.1, 0.15) is 0 Å². The van der Waals surface area contributed by atoms with E-state index in [1.54, 1.807) is 24.5 Å². The second-order valence-electron chi connectivity index (χ2n) is 16.8. The number of carbonyl (C=O) groups excluding carboxylic acids is 7. The summed E-state index contributed by atoms with van der Waals surface area (Å²) in [5.41, 5.74) is 0.679. The summed E-state index contributed by atoms with van der Waals surface area (Å²) in [6.45, 7) is 7.37. The number of anilines is 4. The molecule has 0 unspecified atom stereocenters. The Labute approximate surface area is 408 Å². The standard InChI is InChI=1S/C45H50F6N8O12S/c1-6-36-27(4)24-59(37(36)61)42(66)58(20-19-29-9-17-35(18-10-29)72(67,68)57-38(62)53-31-11-7-25(2)8-12-31)39(63)54-33-21-26(3)22-34(23-33)56-40(64)69-43(46,47)44(48,49)71-45(50,51)70-41(65)55-32-15-13-30(14-16-32)52-28(5)60/h9-10,13-18,21-23,25,31H,6-8,11-12,19-20,24H2,1-5H3,(H,52,60)(H,54,63)(H,55,65)(H,56,64)(H2,53,57,62). The molecule has 3 aromatic rings. The highest BCUT2D eigenvalue weighted by Crippen LogP contribution is 2.41. The third kappa shape index (κ3) is 15.0. The van der Waals surface area contributed by atoms with Crippen molar-refractivity contribution in [3.05, 3.63) is 89.0 Å². The van der Waals surface area contributed by atoms with Crippen LogP contribution in [0.5, 0.6) is 0 Å². The summed E-state index contributed by atoms with van der Waals surface area (Å²) in [5.74, 6) is -0.633. The van der Waals surface area contributed by atoms with Crippen molar-refractivity contribution in [3.63, 3.8) is 0 Å². The van der Waals surface area contributed by atoms with E-state index in [4.69, 9.17) is 0 Å². The molecule has 2 aliphatic rings. The van der Waals surface area contributed by atoms with Gasteiger partial charge in [-0.25, -0.2) is 46.7 Å². The summed E-state index contributed by atoms with van der Waals surface area (Å²) < 4.78 is 124. The first-order valence-corrected chi connectivity index (χ1v) is 23.4. The van der Waals surface area contributed by atoms with E-state index in [1.165, 1.54) is 56.3 Å². The van der Waals surface area contributed by atoms with Gasteiger partial charge >= 0.3 is 48.8 Å². The summed E-state index contributed by atoms with van der Waals surface area (Å²) in [7, 11) is -4.31. The molecule has 0 saturated heterocycles. The molecule has 72 heavy (non-hydrogen) atoms. The Kier molecular flexibility index (Phi) is 17.6. The van der Waals surface area contributed by atoms with Crippen LogP contribution < -0.4 is 31.3 Å². The highest BCUT2D eigenvalue weighted by molar-refractivity contribution is 7.90. The van der Waals surface area contributed by atoms with Crippen LogP contribution in [0.2, 0.25) is 0 Å². The Bertz CT molecular complexity index is 2700. The van der Waals surface area contributed by atoms with Gasteiger partial charge in [0, 0.05) is 47.8 Å². The zero-order valence-electron chi connectivity index (χ0n) is 39.1. The van der Waals surface area contributed by atoms with Gasteiger partial charge in [0.2, 0.25) is 5.91 Å². The largest absolute Gasteiger partial charge is 0.543 e. The highest BCUT2D eigenvalue weighted by atomic mass is 32.2. The Morgan fingerprint density at radius 2 is 1.31 bits per heavy atom. The maximum Gasteiger partial charge on any atom is 0.543 e. The van der Waals surface area contributed by atoms with E-state index >= 15 is 0 Å². The minimum atomic E-state index is -6.35. The molecule has 0 atom stereocenters. The number of ether oxygens (including phenoxy) is 3. The molecule has 1 heterocycles. The number of rotatable bonds is 16. The van der Waals surface area contributed by atoms with Gasteiger partial charge < -0.3 is 25.4 Å². The molecule has 0 spiro atoms. The van der Waals surface area contributed by atoms with Gasteiger partial charge in [-0.15, -0.1) is 8.78 Å². The molecule has 0 bridgehead atoms. The number of hydrogen-bond acceptors (Lipinski definition) is 12. The molecular weight excluding hydrogens is 991 g/mol. The molecular formula is C45H50F6N8O12S. The van der Waals surface area contributed by atoms with Gasteiger partial charge in [-0.05, 0) is 130 Å². The van der Waals surface area contributed by atoms with E-state index in [1.807, 2.05) is 4.72 Å². The number of sulfonamides is 1. The molecule has 20 nitrogen and oxygen atoms in total. The molecule has 1 fully saturated rings. The molecule has 1 aliphatic heterocycles. The molecule has 10 amide bonds. The lowest BCUT2D eigenvalue weighted by molar-refractivity contribution is -0.509. The number of amides is 10. The number of nitrogens with one attached hydrogen (secondary N) is 6. The molecule has 6 N–H and O–H groups in total. The van der Waals surface area contributed by atoms with Crippen molar-refractivity contribution >= 4 is 74.9 Å². The van der Waals surface area contributed by atoms with Crippen LogP contribution >= 0.6 is 0 Å². The number of halogens is 6. The van der Waals surface area contributed by atoms with Crippen molar-refractivity contribution < 1.29 is 82.5 Å². The van der Waals surface area contributed by atoms with Gasteiger partial charge in [0.05, 0.1) is 11.4 Å². The molecule has 0 aromatic heterocycles. The first-order chi connectivity index (χ1) is 33.6. The predicted octanol–water partition coefficient (Wildman–Crippen LogP) is 8.84. The van der Waals surface area contributed by atoms with E-state index in [0.29, 0.717) is 40.4 Å². The van der Waals surface area contributed by atoms with Crippen LogP contribution in [0.25, 0.3) is 0 Å². The Hall–Kier alpha value is -7.42. The summed E-state index contributed by atoms with van der Waals surface area (Å²) in [5, 5.41) is 10.8. The number of aryl methyl sites for hydroxylation is 1. The van der Waals surface area contributed by atoms with Crippen molar-refractivity contribution in [1.82, 2.24) is 19.8 Å². The van der Waals surface area contributed by atoms with Crippen LogP contribution in [-0.2, 0) is 40.2 Å². The molecule has 27 heteroatoms. The number of hydrogen-bond donors (Lipinski definition) is 6. The third-order valence-corrected chi connectivity index (χ3v) is 12.3. The maximum atomic E-state index is 14.6. The van der Waals surface area contributed by atoms with Crippen LogP contribution in [0.15, 0.2) is 82.8 Å². The number of imide groups is 2. The molecule has 390 valence electrons. The minimum Gasteiger partial charge on any atom is -0.377 e. The van der Waals surface area contributed by atoms with E-state index in [2.05, 4.69) is 37.1 Å². The van der Waals surface area contributed by atoms with Crippen molar-refractivity contribution in [2.45, 2.75) is 103 Å². The van der Waals surface area contributed by atoms with Crippen LogP contribution in [-0.4, -0.2) is 98.0 Å². The Balaban J connectivity index is 1.23. The van der Waals surface area contributed by atoms with Crippen LogP contribution in [0.1, 0.15) is 70.9 Å². The van der Waals surface area contributed by atoms with E-state index in [-0.39, 0.29) is 52.9 Å². The Morgan fingerprint density at radius 1 is 0.750 bits per heavy atom. The zero-order chi connectivity index (χ0) is 53.3. The normalized spacial score (nSPS) is 16.3. The van der Waals surface area contributed by atoms with Crippen LogP contribution in [0, 0.1) is 12.8 Å². The second kappa shape index (κ2) is 22.8. The number of alkyl halides is 6. The number of nitrogens with zero attached hydrogens (tertiary/aromatic N) is 2. The van der Waals surface area contributed by atoms with Gasteiger partial charge in [0.25, 0.3) is 15.9 Å². The smallest absolute Gasteiger partial charge is 0.377 e. The molecule has 1 saturated carbocycles. The molecule has 1 aliphatic carbocycles. The maximum absolute atomic E-state index is 14.6. The van der Waals surface area contributed by atoms with E-state index < -0.39 is 82.9 Å². The number of benzene rings is 3. The lowest BCUT2D eigenvalue weighted by Crippen LogP contribution is -2.51. The van der Waals surface area contributed by atoms with E-state index in [9.17, 15) is 68.3 Å². The van der Waals surface area contributed by atoms with Gasteiger partial charge in [-0.1, -0.05) is 26.0 Å². The van der Waals surface area contributed by atoms with Gasteiger partial charge in [0.15, 0.2) is 0 Å². The lowest BCUT2D eigenvalue weighted by Gasteiger charge is -2.27. The van der Waals surface area contributed by atoms with Crippen LogP contribution in [0.4, 0.5) is 73.1 Å². The quantitative estimate of drug-likeness (QED) is 0.0581. The SMILES string of the molecule is CCC1=C(C)CN(C(=O)N(CCc2ccc(S(=O)(=O)NC(=O)NC3CCC(C)CC3)cc2)C(=O)Nc2cc(C)cc(NC(=O)OC(F)(F)C(F)(F)OC(F)(F)OC(=O)Nc3ccc(NC(C)=O)cc3)c2)C1=O. The average molecular weight is 1040 g/mol. The fourth-order valence-electron chi connectivity index (χ4n) is 7.42. The fraction of sp³-hybridized carbons (Fsp3) is 0.400. The lowest BCUT2D eigenvalue weighted by atomic mass is 9.87. The van der Waals surface area contributed by atoms with E-state index in [0.717, 1.165) is 42.0 Å².